The van der Waals surface area contributed by atoms with Gasteiger partial charge in [0.2, 0.25) is 0 Å². The van der Waals surface area contributed by atoms with E-state index in [-0.39, 0.29) is 5.97 Å². The van der Waals surface area contributed by atoms with E-state index in [4.69, 9.17) is 9.15 Å². The number of piperazine rings is 1. The van der Waals surface area contributed by atoms with Crippen molar-refractivity contribution >= 4 is 22.6 Å². The molecule has 156 valence electrons. The molecule has 0 amide bonds. The summed E-state index contributed by atoms with van der Waals surface area (Å²) < 4.78 is 11.8. The van der Waals surface area contributed by atoms with Crippen molar-refractivity contribution < 1.29 is 13.9 Å². The lowest BCUT2D eigenvalue weighted by atomic mass is 9.93. The normalized spacial score (nSPS) is 19.8. The fraction of sp³-hybridized carbons (Fsp3) is 0.417. The number of rotatable bonds is 3. The third-order valence-electron chi connectivity index (χ3n) is 6.31. The summed E-state index contributed by atoms with van der Waals surface area (Å²) in [4.78, 5) is 22.1. The molecule has 3 aromatic rings. The van der Waals surface area contributed by atoms with Crippen LogP contribution in [0.15, 0.2) is 34.7 Å². The van der Waals surface area contributed by atoms with Crippen LogP contribution in [0.5, 0.6) is 5.75 Å². The Labute approximate surface area is 176 Å². The summed E-state index contributed by atoms with van der Waals surface area (Å²) in [6, 6.07) is 10.2. The van der Waals surface area contributed by atoms with E-state index in [1.807, 2.05) is 32.0 Å². The van der Waals surface area contributed by atoms with Crippen LogP contribution in [0.3, 0.4) is 0 Å². The molecule has 4 heterocycles. The lowest BCUT2D eigenvalue weighted by Crippen LogP contribution is -2.46. The number of carbonyl (C=O) groups excluding carboxylic acids is 1. The molecule has 6 heteroatoms. The third kappa shape index (κ3) is 3.35. The van der Waals surface area contributed by atoms with Crippen molar-refractivity contribution in [3.05, 3.63) is 53.0 Å². The van der Waals surface area contributed by atoms with Crippen LogP contribution in [0.2, 0.25) is 0 Å². The largest absolute Gasteiger partial charge is 0.458 e. The van der Waals surface area contributed by atoms with Crippen molar-refractivity contribution in [2.75, 3.05) is 37.6 Å². The second-order valence-corrected chi connectivity index (χ2v) is 8.31. The predicted molar refractivity (Wildman–Crippen MR) is 116 cm³/mol. The van der Waals surface area contributed by atoms with Crippen LogP contribution in [0.1, 0.15) is 35.6 Å². The molecule has 0 radical (unpaired) electrons. The number of anilines is 1. The average molecular weight is 405 g/mol. The Bertz CT molecular complexity index is 1110. The number of hydrogen-bond acceptors (Lipinski definition) is 6. The number of carbonyl (C=O) groups is 1. The number of aromatic nitrogens is 1. The number of likely N-dealkylation sites (N-methyl/N-ethyl adjacent to an activating group) is 1. The Morgan fingerprint density at radius 1 is 1.10 bits per heavy atom. The van der Waals surface area contributed by atoms with Gasteiger partial charge in [0.1, 0.15) is 17.4 Å². The van der Waals surface area contributed by atoms with E-state index in [1.54, 1.807) is 0 Å². The van der Waals surface area contributed by atoms with E-state index < -0.39 is 5.92 Å². The minimum absolute atomic E-state index is 0.253. The Morgan fingerprint density at radius 3 is 2.67 bits per heavy atom. The molecule has 0 spiro atoms. The molecule has 2 aromatic heterocycles. The Kier molecular flexibility index (Phi) is 4.74. The highest BCUT2D eigenvalue weighted by atomic mass is 16.5. The molecule has 1 unspecified atom stereocenters. The van der Waals surface area contributed by atoms with Crippen LogP contribution in [-0.4, -0.2) is 48.6 Å². The topological polar surface area (TPSA) is 58.8 Å². The number of aryl methyl sites for hydroxylation is 2. The van der Waals surface area contributed by atoms with Crippen molar-refractivity contribution in [3.63, 3.8) is 0 Å². The van der Waals surface area contributed by atoms with Gasteiger partial charge < -0.3 is 19.0 Å². The van der Waals surface area contributed by atoms with Gasteiger partial charge in [-0.05, 0) is 50.6 Å². The summed E-state index contributed by atoms with van der Waals surface area (Å²) in [5, 5.41) is 0.982. The highest BCUT2D eigenvalue weighted by molar-refractivity contribution is 5.86. The maximum absolute atomic E-state index is 12.8. The maximum atomic E-state index is 12.8. The molecule has 0 saturated carbocycles. The van der Waals surface area contributed by atoms with Crippen LogP contribution in [0, 0.1) is 13.8 Å². The van der Waals surface area contributed by atoms with Gasteiger partial charge in [-0.25, -0.2) is 0 Å². The Balaban J connectivity index is 1.39. The highest BCUT2D eigenvalue weighted by Gasteiger charge is 2.33. The number of nitrogens with zero attached hydrogens (tertiary/aromatic N) is 3. The molecule has 2 aliphatic heterocycles. The quantitative estimate of drug-likeness (QED) is 0.488. The zero-order valence-electron chi connectivity index (χ0n) is 17.8. The van der Waals surface area contributed by atoms with Crippen LogP contribution in [0.25, 0.3) is 11.0 Å². The standard InChI is InChI=1S/C24H27N3O3/c1-4-26-7-9-27(10-8-26)19-6-5-17-12-20(24(28)30-21(17)14-19)22-13-18-11-15(2)25-16(3)23(18)29-22/h5-6,11,13-14,20H,4,7-10,12H2,1-3H3. The average Bonchev–Trinajstić information content (AvgIpc) is 3.17. The van der Waals surface area contributed by atoms with Gasteiger partial charge in [-0.3, -0.25) is 9.78 Å². The van der Waals surface area contributed by atoms with Crippen molar-refractivity contribution in [2.45, 2.75) is 33.1 Å². The summed E-state index contributed by atoms with van der Waals surface area (Å²) in [5.74, 6) is 0.646. The molecule has 0 aliphatic carbocycles. The molecule has 2 aliphatic rings. The Hall–Kier alpha value is -2.86. The van der Waals surface area contributed by atoms with E-state index in [0.717, 1.165) is 66.3 Å². The number of esters is 1. The fourth-order valence-corrected chi connectivity index (χ4v) is 4.58. The third-order valence-corrected chi connectivity index (χ3v) is 6.31. The summed E-state index contributed by atoms with van der Waals surface area (Å²) in [6.07, 6.45) is 0.587. The SMILES string of the molecule is CCN1CCN(c2ccc3c(c2)OC(=O)C(c2cc4cc(C)nc(C)c4o2)C3)CC1. The number of pyridine rings is 1. The molecule has 1 fully saturated rings. The van der Waals surface area contributed by atoms with Crippen molar-refractivity contribution in [2.24, 2.45) is 0 Å². The number of benzene rings is 1. The van der Waals surface area contributed by atoms with Gasteiger partial charge >= 0.3 is 5.97 Å². The Morgan fingerprint density at radius 2 is 1.90 bits per heavy atom. The van der Waals surface area contributed by atoms with E-state index in [0.29, 0.717) is 17.9 Å². The van der Waals surface area contributed by atoms with Crippen LogP contribution in [-0.2, 0) is 11.2 Å². The zero-order valence-corrected chi connectivity index (χ0v) is 17.8. The summed E-state index contributed by atoms with van der Waals surface area (Å²) in [6.45, 7) is 11.3. The van der Waals surface area contributed by atoms with Gasteiger partial charge in [0.05, 0.1) is 5.69 Å². The van der Waals surface area contributed by atoms with Crippen LogP contribution < -0.4 is 9.64 Å². The molecular formula is C24H27N3O3. The van der Waals surface area contributed by atoms with Gasteiger partial charge in [0.15, 0.2) is 5.58 Å². The number of hydrogen-bond donors (Lipinski definition) is 0. The molecule has 6 nitrogen and oxygen atoms in total. The highest BCUT2D eigenvalue weighted by Crippen LogP contribution is 2.38. The molecule has 1 atom stereocenters. The number of fused-ring (bicyclic) bond motifs is 2. The first-order valence-electron chi connectivity index (χ1n) is 10.7. The molecule has 5 rings (SSSR count). The lowest BCUT2D eigenvalue weighted by Gasteiger charge is -2.36. The van der Waals surface area contributed by atoms with Gasteiger partial charge in [-0.2, -0.15) is 0 Å². The first kappa shape index (κ1) is 19.1. The molecule has 1 saturated heterocycles. The van der Waals surface area contributed by atoms with Crippen molar-refractivity contribution in [3.8, 4) is 5.75 Å². The minimum Gasteiger partial charge on any atom is -0.458 e. The fourth-order valence-electron chi connectivity index (χ4n) is 4.58. The van der Waals surface area contributed by atoms with Gasteiger partial charge in [-0.15, -0.1) is 0 Å². The zero-order chi connectivity index (χ0) is 20.8. The molecule has 0 bridgehead atoms. The van der Waals surface area contributed by atoms with Gasteiger partial charge in [0, 0.05) is 49.0 Å². The smallest absolute Gasteiger partial charge is 0.322 e. The molecule has 1 aromatic carbocycles. The minimum atomic E-state index is -0.427. The van der Waals surface area contributed by atoms with E-state index >= 15 is 0 Å². The second-order valence-electron chi connectivity index (χ2n) is 8.31. The van der Waals surface area contributed by atoms with Gasteiger partial charge in [-0.1, -0.05) is 13.0 Å². The van der Waals surface area contributed by atoms with Crippen LogP contribution in [0.4, 0.5) is 5.69 Å². The molecule has 0 N–H and O–H groups in total. The molecular weight excluding hydrogens is 378 g/mol. The van der Waals surface area contributed by atoms with E-state index in [2.05, 4.69) is 33.8 Å². The lowest BCUT2D eigenvalue weighted by molar-refractivity contribution is -0.137. The first-order valence-corrected chi connectivity index (χ1v) is 10.7. The summed E-state index contributed by atoms with van der Waals surface area (Å²) in [5.41, 5.74) is 4.69. The number of ether oxygens (including phenoxy) is 1. The summed E-state index contributed by atoms with van der Waals surface area (Å²) in [7, 11) is 0. The van der Waals surface area contributed by atoms with Crippen molar-refractivity contribution in [1.29, 1.82) is 0 Å². The predicted octanol–water partition coefficient (Wildman–Crippen LogP) is 3.83. The molecule has 30 heavy (non-hydrogen) atoms. The summed E-state index contributed by atoms with van der Waals surface area (Å²) >= 11 is 0. The van der Waals surface area contributed by atoms with E-state index in [1.165, 1.54) is 0 Å². The van der Waals surface area contributed by atoms with Gasteiger partial charge in [0.25, 0.3) is 0 Å². The maximum Gasteiger partial charge on any atom is 0.322 e. The second kappa shape index (κ2) is 7.43. The van der Waals surface area contributed by atoms with Crippen molar-refractivity contribution in [1.82, 2.24) is 9.88 Å². The van der Waals surface area contributed by atoms with E-state index in [9.17, 15) is 4.79 Å². The van der Waals surface area contributed by atoms with Crippen LogP contribution >= 0.6 is 0 Å². The number of furan rings is 1. The monoisotopic (exact) mass is 405 g/mol. The first-order chi connectivity index (χ1) is 14.5.